The monoisotopic (exact) mass is 365 g/mol. The largest absolute Gasteiger partial charge is 0.390 e. The maximum absolute atomic E-state index is 11.9. The highest BCUT2D eigenvalue weighted by molar-refractivity contribution is 7.91. The average molecular weight is 366 g/mol. The average Bonchev–Trinajstić information content (AvgIpc) is 2.82. The van der Waals surface area contributed by atoms with Gasteiger partial charge in [-0.3, -0.25) is 4.90 Å². The second kappa shape index (κ2) is 7.23. The number of halogens is 1. The van der Waals surface area contributed by atoms with Gasteiger partial charge in [-0.2, -0.15) is 0 Å². The molecule has 0 bridgehead atoms. The van der Waals surface area contributed by atoms with Gasteiger partial charge in [0, 0.05) is 18.1 Å². The fraction of sp³-hybridized carbons (Fsp3) is 0.333. The molecule has 2 aromatic rings. The Morgan fingerprint density at radius 3 is 2.29 bits per heavy atom. The highest BCUT2D eigenvalue weighted by Gasteiger charge is 2.40. The summed E-state index contributed by atoms with van der Waals surface area (Å²) in [6.07, 6.45) is -0.874. The van der Waals surface area contributed by atoms with Crippen molar-refractivity contribution in [3.05, 3.63) is 70.7 Å². The highest BCUT2D eigenvalue weighted by atomic mass is 35.5. The predicted molar refractivity (Wildman–Crippen MR) is 95.6 cm³/mol. The fourth-order valence-corrected chi connectivity index (χ4v) is 5.14. The molecule has 1 heterocycles. The third-order valence-electron chi connectivity index (χ3n) is 4.32. The third kappa shape index (κ3) is 4.16. The Morgan fingerprint density at radius 2 is 1.67 bits per heavy atom. The summed E-state index contributed by atoms with van der Waals surface area (Å²) in [5, 5.41) is 10.9. The Labute approximate surface area is 147 Å². The molecule has 128 valence electrons. The molecule has 4 nitrogen and oxygen atoms in total. The van der Waals surface area contributed by atoms with Crippen molar-refractivity contribution < 1.29 is 13.5 Å². The van der Waals surface area contributed by atoms with E-state index in [0.29, 0.717) is 18.1 Å². The van der Waals surface area contributed by atoms with Crippen LogP contribution in [0.5, 0.6) is 0 Å². The zero-order valence-electron chi connectivity index (χ0n) is 13.2. The van der Waals surface area contributed by atoms with Gasteiger partial charge in [-0.05, 0) is 17.2 Å². The molecule has 1 fully saturated rings. The summed E-state index contributed by atoms with van der Waals surface area (Å²) in [4.78, 5) is 2.01. The Hall–Kier alpha value is -1.40. The van der Waals surface area contributed by atoms with E-state index in [1.54, 1.807) is 0 Å². The van der Waals surface area contributed by atoms with Crippen LogP contribution < -0.4 is 0 Å². The van der Waals surface area contributed by atoms with Gasteiger partial charge in [0.25, 0.3) is 0 Å². The van der Waals surface area contributed by atoms with Gasteiger partial charge < -0.3 is 5.11 Å². The van der Waals surface area contributed by atoms with Crippen LogP contribution in [0.25, 0.3) is 0 Å². The van der Waals surface area contributed by atoms with Crippen LogP contribution in [0.2, 0.25) is 5.02 Å². The zero-order chi connectivity index (χ0) is 17.2. The second-order valence-corrected chi connectivity index (χ2v) is 8.75. The molecule has 3 rings (SSSR count). The molecule has 0 aromatic heterocycles. The molecule has 0 amide bonds. The van der Waals surface area contributed by atoms with E-state index in [1.807, 2.05) is 59.5 Å². The SMILES string of the molecule is O=S1(=O)C[C@H](O)[C@@H](N(Cc2ccccc2)Cc2ccccc2Cl)C1. The number of hydrogen-bond donors (Lipinski definition) is 1. The second-order valence-electron chi connectivity index (χ2n) is 6.19. The standard InChI is InChI=1S/C18H20ClNO3S/c19-16-9-5-4-8-15(16)11-20(10-14-6-2-1-3-7-14)17-12-24(22,23)13-18(17)21/h1-9,17-18,21H,10-13H2/t17-,18-/m0/s1. The van der Waals surface area contributed by atoms with Crippen LogP contribution in [0.3, 0.4) is 0 Å². The Kier molecular flexibility index (Phi) is 5.25. The lowest BCUT2D eigenvalue weighted by molar-refractivity contribution is 0.0731. The number of benzene rings is 2. The van der Waals surface area contributed by atoms with Gasteiger partial charge >= 0.3 is 0 Å². The van der Waals surface area contributed by atoms with Crippen molar-refractivity contribution in [1.82, 2.24) is 4.90 Å². The van der Waals surface area contributed by atoms with Crippen molar-refractivity contribution in [3.8, 4) is 0 Å². The molecule has 1 aliphatic rings. The topological polar surface area (TPSA) is 57.6 Å². The molecule has 0 spiro atoms. The first-order chi connectivity index (χ1) is 11.4. The quantitative estimate of drug-likeness (QED) is 0.884. The van der Waals surface area contributed by atoms with Crippen molar-refractivity contribution >= 4 is 21.4 Å². The summed E-state index contributed by atoms with van der Waals surface area (Å²) >= 11 is 6.26. The molecule has 0 aliphatic carbocycles. The summed E-state index contributed by atoms with van der Waals surface area (Å²) in [7, 11) is -3.21. The van der Waals surface area contributed by atoms with Gasteiger partial charge in [-0.1, -0.05) is 60.1 Å². The maximum Gasteiger partial charge on any atom is 0.154 e. The van der Waals surface area contributed by atoms with Crippen molar-refractivity contribution in [1.29, 1.82) is 0 Å². The zero-order valence-corrected chi connectivity index (χ0v) is 14.7. The normalized spacial score (nSPS) is 22.8. The number of sulfone groups is 1. The molecule has 1 saturated heterocycles. The Morgan fingerprint density at radius 1 is 1.00 bits per heavy atom. The lowest BCUT2D eigenvalue weighted by Gasteiger charge is -2.30. The van der Waals surface area contributed by atoms with Crippen molar-refractivity contribution in [2.45, 2.75) is 25.2 Å². The van der Waals surface area contributed by atoms with E-state index in [2.05, 4.69) is 0 Å². The van der Waals surface area contributed by atoms with E-state index in [1.165, 1.54) is 0 Å². The lowest BCUT2D eigenvalue weighted by Crippen LogP contribution is -2.42. The van der Waals surface area contributed by atoms with Gasteiger partial charge in [0.2, 0.25) is 0 Å². The molecule has 0 radical (unpaired) electrons. The first kappa shape index (κ1) is 17.4. The predicted octanol–water partition coefficient (Wildman–Crippen LogP) is 2.50. The minimum absolute atomic E-state index is 0.0224. The molecule has 1 aliphatic heterocycles. The minimum Gasteiger partial charge on any atom is -0.390 e. The summed E-state index contributed by atoms with van der Waals surface area (Å²) < 4.78 is 23.8. The van der Waals surface area contributed by atoms with Gasteiger partial charge in [-0.25, -0.2) is 8.42 Å². The molecular formula is C18H20ClNO3S. The van der Waals surface area contributed by atoms with E-state index < -0.39 is 22.0 Å². The van der Waals surface area contributed by atoms with Crippen LogP contribution in [0.1, 0.15) is 11.1 Å². The van der Waals surface area contributed by atoms with Crippen molar-refractivity contribution in [2.24, 2.45) is 0 Å². The Bertz CT molecular complexity index is 795. The molecule has 0 saturated carbocycles. The highest BCUT2D eigenvalue weighted by Crippen LogP contribution is 2.25. The van der Waals surface area contributed by atoms with E-state index >= 15 is 0 Å². The van der Waals surface area contributed by atoms with Crippen LogP contribution in [0, 0.1) is 0 Å². The van der Waals surface area contributed by atoms with Gasteiger partial charge in [-0.15, -0.1) is 0 Å². The summed E-state index contributed by atoms with van der Waals surface area (Å²) in [5.74, 6) is -0.197. The lowest BCUT2D eigenvalue weighted by atomic mass is 10.1. The van der Waals surface area contributed by atoms with Crippen LogP contribution in [0.15, 0.2) is 54.6 Å². The van der Waals surface area contributed by atoms with E-state index in [-0.39, 0.29) is 11.5 Å². The number of nitrogens with zero attached hydrogens (tertiary/aromatic N) is 1. The minimum atomic E-state index is -3.21. The smallest absolute Gasteiger partial charge is 0.154 e. The summed E-state index contributed by atoms with van der Waals surface area (Å²) in [5.41, 5.74) is 1.99. The molecule has 2 aromatic carbocycles. The number of hydrogen-bond acceptors (Lipinski definition) is 4. The van der Waals surface area contributed by atoms with Crippen molar-refractivity contribution in [3.63, 3.8) is 0 Å². The third-order valence-corrected chi connectivity index (χ3v) is 6.39. The molecule has 1 N–H and O–H groups in total. The van der Waals surface area contributed by atoms with Crippen LogP contribution in [-0.2, 0) is 22.9 Å². The first-order valence-electron chi connectivity index (χ1n) is 7.84. The van der Waals surface area contributed by atoms with Gasteiger partial charge in [0.05, 0.1) is 23.7 Å². The number of aliphatic hydroxyl groups excluding tert-OH is 1. The van der Waals surface area contributed by atoms with Crippen LogP contribution >= 0.6 is 11.6 Å². The molecular weight excluding hydrogens is 346 g/mol. The van der Waals surface area contributed by atoms with E-state index in [0.717, 1.165) is 11.1 Å². The molecule has 24 heavy (non-hydrogen) atoms. The van der Waals surface area contributed by atoms with Gasteiger partial charge in [0.1, 0.15) is 0 Å². The Balaban J connectivity index is 1.87. The summed E-state index contributed by atoms with van der Waals surface area (Å²) in [6, 6.07) is 16.9. The van der Waals surface area contributed by atoms with Gasteiger partial charge in [0.15, 0.2) is 9.84 Å². The number of aliphatic hydroxyl groups is 1. The van der Waals surface area contributed by atoms with Crippen molar-refractivity contribution in [2.75, 3.05) is 11.5 Å². The number of rotatable bonds is 5. The molecule has 0 unspecified atom stereocenters. The summed E-state index contributed by atoms with van der Waals surface area (Å²) in [6.45, 7) is 1.05. The fourth-order valence-electron chi connectivity index (χ4n) is 3.11. The van der Waals surface area contributed by atoms with Crippen LogP contribution in [0.4, 0.5) is 0 Å². The van der Waals surface area contributed by atoms with E-state index in [9.17, 15) is 13.5 Å². The first-order valence-corrected chi connectivity index (χ1v) is 10.0. The van der Waals surface area contributed by atoms with Crippen LogP contribution in [-0.4, -0.2) is 42.1 Å². The van der Waals surface area contributed by atoms with E-state index in [4.69, 9.17) is 11.6 Å². The maximum atomic E-state index is 11.9. The molecule has 6 heteroatoms. The molecule has 2 atom stereocenters.